The van der Waals surface area contributed by atoms with Crippen LogP contribution in [0.5, 0.6) is 0 Å². The van der Waals surface area contributed by atoms with Gasteiger partial charge in [0.2, 0.25) is 0 Å². The molecular formula is C20H28N2O2. The van der Waals surface area contributed by atoms with Crippen molar-refractivity contribution in [2.45, 2.75) is 13.1 Å². The lowest BCUT2D eigenvalue weighted by molar-refractivity contribution is 0.138. The largest absolute Gasteiger partial charge is 0.395 e. The highest BCUT2D eigenvalue weighted by Gasteiger charge is 2.10. The number of benzene rings is 2. The lowest BCUT2D eigenvalue weighted by Crippen LogP contribution is -2.37. The fraction of sp³-hybridized carbons (Fsp3) is 0.400. The molecule has 0 spiro atoms. The van der Waals surface area contributed by atoms with Crippen molar-refractivity contribution in [3.8, 4) is 0 Å². The zero-order valence-electron chi connectivity index (χ0n) is 14.2. The normalized spacial score (nSPS) is 11.3. The minimum atomic E-state index is 0.122. The highest BCUT2D eigenvalue weighted by molar-refractivity contribution is 5.17. The predicted octanol–water partition coefficient (Wildman–Crippen LogP) is 1.98. The van der Waals surface area contributed by atoms with E-state index in [1.54, 1.807) is 0 Å². The van der Waals surface area contributed by atoms with Crippen LogP contribution in [0.15, 0.2) is 60.7 Å². The first-order valence-corrected chi connectivity index (χ1v) is 8.56. The number of rotatable bonds is 11. The SMILES string of the molecule is OCCN(CCO)CCN(Cc1ccccc1)Cc1ccccc1. The van der Waals surface area contributed by atoms with Crippen LogP contribution in [0.25, 0.3) is 0 Å². The summed E-state index contributed by atoms with van der Waals surface area (Å²) in [4.78, 5) is 4.51. The second-order valence-electron chi connectivity index (χ2n) is 5.97. The van der Waals surface area contributed by atoms with E-state index in [0.29, 0.717) is 13.1 Å². The molecule has 24 heavy (non-hydrogen) atoms. The van der Waals surface area contributed by atoms with Gasteiger partial charge in [-0.25, -0.2) is 0 Å². The molecule has 2 rings (SSSR count). The third-order valence-corrected chi connectivity index (χ3v) is 4.06. The van der Waals surface area contributed by atoms with E-state index in [9.17, 15) is 0 Å². The van der Waals surface area contributed by atoms with Gasteiger partial charge in [-0.3, -0.25) is 9.80 Å². The van der Waals surface area contributed by atoms with Crippen LogP contribution in [0.2, 0.25) is 0 Å². The van der Waals surface area contributed by atoms with E-state index in [1.165, 1.54) is 11.1 Å². The molecule has 0 bridgehead atoms. The fourth-order valence-electron chi connectivity index (χ4n) is 2.80. The monoisotopic (exact) mass is 328 g/mol. The maximum Gasteiger partial charge on any atom is 0.0558 e. The Morgan fingerprint density at radius 1 is 0.542 bits per heavy atom. The van der Waals surface area contributed by atoms with Crippen LogP contribution in [0.1, 0.15) is 11.1 Å². The van der Waals surface area contributed by atoms with Crippen molar-refractivity contribution >= 4 is 0 Å². The van der Waals surface area contributed by atoms with Gasteiger partial charge in [0.1, 0.15) is 0 Å². The van der Waals surface area contributed by atoms with Crippen LogP contribution in [0, 0.1) is 0 Å². The lowest BCUT2D eigenvalue weighted by Gasteiger charge is -2.27. The maximum absolute atomic E-state index is 9.16. The van der Waals surface area contributed by atoms with Gasteiger partial charge in [-0.05, 0) is 11.1 Å². The zero-order valence-corrected chi connectivity index (χ0v) is 14.2. The van der Waals surface area contributed by atoms with Gasteiger partial charge in [-0.1, -0.05) is 60.7 Å². The van der Waals surface area contributed by atoms with E-state index < -0.39 is 0 Å². The lowest BCUT2D eigenvalue weighted by atomic mass is 10.1. The molecule has 0 unspecified atom stereocenters. The van der Waals surface area contributed by atoms with Crippen molar-refractivity contribution < 1.29 is 10.2 Å². The average molecular weight is 328 g/mol. The number of aliphatic hydroxyl groups excluding tert-OH is 2. The third-order valence-electron chi connectivity index (χ3n) is 4.06. The van der Waals surface area contributed by atoms with E-state index in [-0.39, 0.29) is 13.2 Å². The Morgan fingerprint density at radius 2 is 0.958 bits per heavy atom. The topological polar surface area (TPSA) is 46.9 Å². The summed E-state index contributed by atoms with van der Waals surface area (Å²) in [5, 5.41) is 18.3. The van der Waals surface area contributed by atoms with Crippen LogP contribution < -0.4 is 0 Å². The molecule has 0 aromatic heterocycles. The van der Waals surface area contributed by atoms with Crippen LogP contribution in [-0.2, 0) is 13.1 Å². The van der Waals surface area contributed by atoms with Crippen LogP contribution in [0.3, 0.4) is 0 Å². The minimum absolute atomic E-state index is 0.122. The molecule has 0 amide bonds. The first-order valence-electron chi connectivity index (χ1n) is 8.56. The second-order valence-corrected chi connectivity index (χ2v) is 5.97. The Bertz CT molecular complexity index is 501. The molecule has 2 aromatic rings. The van der Waals surface area contributed by atoms with E-state index in [1.807, 2.05) is 12.1 Å². The molecule has 2 N–H and O–H groups in total. The Hall–Kier alpha value is -1.72. The van der Waals surface area contributed by atoms with Crippen LogP contribution in [-0.4, -0.2) is 59.4 Å². The molecule has 0 aliphatic carbocycles. The van der Waals surface area contributed by atoms with E-state index in [2.05, 4.69) is 58.3 Å². The summed E-state index contributed by atoms with van der Waals surface area (Å²) in [5.74, 6) is 0. The molecule has 2 aromatic carbocycles. The van der Waals surface area contributed by atoms with E-state index >= 15 is 0 Å². The first kappa shape index (κ1) is 18.6. The van der Waals surface area contributed by atoms with Gasteiger partial charge in [0.25, 0.3) is 0 Å². The minimum Gasteiger partial charge on any atom is -0.395 e. The Kier molecular flexibility index (Phi) is 8.49. The van der Waals surface area contributed by atoms with Gasteiger partial charge >= 0.3 is 0 Å². The summed E-state index contributed by atoms with van der Waals surface area (Å²) in [7, 11) is 0. The quantitative estimate of drug-likeness (QED) is 0.662. The van der Waals surface area contributed by atoms with Crippen molar-refractivity contribution in [3.63, 3.8) is 0 Å². The molecule has 130 valence electrons. The standard InChI is InChI=1S/C20H28N2O2/c23-15-13-21(14-16-24)11-12-22(17-19-7-3-1-4-8-19)18-20-9-5-2-6-10-20/h1-10,23-24H,11-18H2. The van der Waals surface area contributed by atoms with Crippen molar-refractivity contribution in [1.29, 1.82) is 0 Å². The summed E-state index contributed by atoms with van der Waals surface area (Å²) in [6, 6.07) is 21.0. The molecule has 0 radical (unpaired) electrons. The molecule has 0 fully saturated rings. The van der Waals surface area contributed by atoms with Crippen LogP contribution >= 0.6 is 0 Å². The molecule has 4 heteroatoms. The maximum atomic E-state index is 9.16. The van der Waals surface area contributed by atoms with Crippen LogP contribution in [0.4, 0.5) is 0 Å². The number of nitrogens with zero attached hydrogens (tertiary/aromatic N) is 2. The molecular weight excluding hydrogens is 300 g/mol. The van der Waals surface area contributed by atoms with Crippen molar-refractivity contribution in [1.82, 2.24) is 9.80 Å². The number of aliphatic hydroxyl groups is 2. The highest BCUT2D eigenvalue weighted by atomic mass is 16.3. The molecule has 0 atom stereocenters. The highest BCUT2D eigenvalue weighted by Crippen LogP contribution is 2.10. The summed E-state index contributed by atoms with van der Waals surface area (Å²) in [6.07, 6.45) is 0. The van der Waals surface area contributed by atoms with Gasteiger partial charge in [-0.2, -0.15) is 0 Å². The van der Waals surface area contributed by atoms with Gasteiger partial charge in [0, 0.05) is 39.3 Å². The molecule has 0 aliphatic heterocycles. The summed E-state index contributed by atoms with van der Waals surface area (Å²) < 4.78 is 0. The van der Waals surface area contributed by atoms with Gasteiger partial charge < -0.3 is 10.2 Å². The average Bonchev–Trinajstić information content (AvgIpc) is 2.61. The summed E-state index contributed by atoms with van der Waals surface area (Å²) >= 11 is 0. The first-order chi connectivity index (χ1) is 11.8. The zero-order chi connectivity index (χ0) is 17.0. The smallest absolute Gasteiger partial charge is 0.0558 e. The number of hydrogen-bond acceptors (Lipinski definition) is 4. The third kappa shape index (κ3) is 6.81. The second kappa shape index (κ2) is 10.9. The van der Waals surface area contributed by atoms with Gasteiger partial charge in [0.15, 0.2) is 0 Å². The molecule has 0 saturated carbocycles. The molecule has 0 heterocycles. The Morgan fingerprint density at radius 3 is 1.38 bits per heavy atom. The van der Waals surface area contributed by atoms with E-state index in [0.717, 1.165) is 26.2 Å². The van der Waals surface area contributed by atoms with Gasteiger partial charge in [-0.15, -0.1) is 0 Å². The predicted molar refractivity (Wildman–Crippen MR) is 97.6 cm³/mol. The molecule has 0 saturated heterocycles. The van der Waals surface area contributed by atoms with Gasteiger partial charge in [0.05, 0.1) is 13.2 Å². The van der Waals surface area contributed by atoms with E-state index in [4.69, 9.17) is 10.2 Å². The van der Waals surface area contributed by atoms with Crippen molar-refractivity contribution in [2.75, 3.05) is 39.4 Å². The van der Waals surface area contributed by atoms with Crippen molar-refractivity contribution in [2.24, 2.45) is 0 Å². The molecule has 4 nitrogen and oxygen atoms in total. The summed E-state index contributed by atoms with van der Waals surface area (Å²) in [5.41, 5.74) is 2.59. The fourth-order valence-corrected chi connectivity index (χ4v) is 2.80. The number of hydrogen-bond donors (Lipinski definition) is 2. The Balaban J connectivity index is 1.98. The van der Waals surface area contributed by atoms with Crippen molar-refractivity contribution in [3.05, 3.63) is 71.8 Å². The Labute approximate surface area is 145 Å². The summed E-state index contributed by atoms with van der Waals surface area (Å²) in [6.45, 7) is 4.96. The molecule has 0 aliphatic rings.